The Balaban J connectivity index is 1.69. The lowest BCUT2D eigenvalue weighted by molar-refractivity contribution is 0.153. The van der Waals surface area contributed by atoms with Crippen LogP contribution in [0.3, 0.4) is 0 Å². The fraction of sp³-hybridized carbons (Fsp3) is 0.571. The van der Waals surface area contributed by atoms with E-state index in [1.54, 1.807) is 19.2 Å². The second-order valence-corrected chi connectivity index (χ2v) is 4.82. The van der Waals surface area contributed by atoms with E-state index in [2.05, 4.69) is 10.2 Å². The molecule has 0 aliphatic carbocycles. The number of nitrogens with zero attached hydrogens (tertiary/aromatic N) is 1. The minimum absolute atomic E-state index is 0.184. The summed E-state index contributed by atoms with van der Waals surface area (Å²) in [5.74, 6) is 0.472. The van der Waals surface area contributed by atoms with Gasteiger partial charge in [-0.3, -0.25) is 0 Å². The fourth-order valence-electron chi connectivity index (χ4n) is 2.44. The fourth-order valence-corrected chi connectivity index (χ4v) is 2.44. The van der Waals surface area contributed by atoms with E-state index < -0.39 is 0 Å². The molecule has 0 saturated carbocycles. The highest BCUT2D eigenvalue weighted by molar-refractivity contribution is 5.44. The molecule has 0 spiro atoms. The van der Waals surface area contributed by atoms with Crippen LogP contribution in [0, 0.1) is 11.7 Å². The average Bonchev–Trinajstić information content (AvgIpc) is 2.80. The van der Waals surface area contributed by atoms with Crippen LogP contribution in [0.25, 0.3) is 0 Å². The summed E-state index contributed by atoms with van der Waals surface area (Å²) in [5, 5.41) is 3.14. The summed E-state index contributed by atoms with van der Waals surface area (Å²) in [6.45, 7) is 4.78. The first kappa shape index (κ1) is 13.3. The summed E-state index contributed by atoms with van der Waals surface area (Å²) in [5.41, 5.74) is 0.588. The molecule has 2 rings (SSSR count). The van der Waals surface area contributed by atoms with Crippen molar-refractivity contribution in [3.05, 3.63) is 30.1 Å². The Hall–Kier alpha value is -1.13. The van der Waals surface area contributed by atoms with Gasteiger partial charge < -0.3 is 15.0 Å². The van der Waals surface area contributed by atoms with Crippen molar-refractivity contribution in [3.63, 3.8) is 0 Å². The molecule has 1 aromatic carbocycles. The normalized spacial score (nSPS) is 20.2. The number of likely N-dealkylation sites (tertiary alicyclic amines) is 1. The van der Waals surface area contributed by atoms with E-state index in [1.165, 1.54) is 12.5 Å². The molecule has 1 heterocycles. The van der Waals surface area contributed by atoms with Crippen LogP contribution in [0.2, 0.25) is 0 Å². The summed E-state index contributed by atoms with van der Waals surface area (Å²) in [4.78, 5) is 2.40. The van der Waals surface area contributed by atoms with Gasteiger partial charge in [-0.1, -0.05) is 12.1 Å². The lowest BCUT2D eigenvalue weighted by Crippen LogP contribution is -2.27. The average molecular weight is 252 g/mol. The molecule has 1 fully saturated rings. The van der Waals surface area contributed by atoms with E-state index >= 15 is 0 Å². The lowest BCUT2D eigenvalue weighted by atomic mass is 10.1. The quantitative estimate of drug-likeness (QED) is 0.840. The molecule has 1 saturated heterocycles. The lowest BCUT2D eigenvalue weighted by Gasteiger charge is -2.16. The molecule has 18 heavy (non-hydrogen) atoms. The molecule has 1 aromatic rings. The number of halogens is 1. The van der Waals surface area contributed by atoms with Crippen molar-refractivity contribution >= 4 is 5.69 Å². The van der Waals surface area contributed by atoms with E-state index in [0.29, 0.717) is 11.6 Å². The van der Waals surface area contributed by atoms with Crippen molar-refractivity contribution < 1.29 is 9.13 Å². The molecule has 0 radical (unpaired) electrons. The second-order valence-electron chi connectivity index (χ2n) is 4.82. The van der Waals surface area contributed by atoms with Crippen molar-refractivity contribution in [3.8, 4) is 0 Å². The van der Waals surface area contributed by atoms with Crippen LogP contribution >= 0.6 is 0 Å². The zero-order valence-corrected chi connectivity index (χ0v) is 10.9. The van der Waals surface area contributed by atoms with Crippen molar-refractivity contribution in [1.82, 2.24) is 4.90 Å². The first-order valence-corrected chi connectivity index (χ1v) is 6.49. The predicted molar refractivity (Wildman–Crippen MR) is 71.3 cm³/mol. The number of hydrogen-bond donors (Lipinski definition) is 1. The van der Waals surface area contributed by atoms with Gasteiger partial charge in [0.25, 0.3) is 0 Å². The molecule has 100 valence electrons. The van der Waals surface area contributed by atoms with Crippen LogP contribution in [-0.2, 0) is 4.74 Å². The van der Waals surface area contributed by atoms with Gasteiger partial charge in [0, 0.05) is 26.7 Å². The number of methoxy groups -OCH3 is 1. The third kappa shape index (κ3) is 3.68. The summed E-state index contributed by atoms with van der Waals surface area (Å²) in [6, 6.07) is 6.80. The number of hydrogen-bond acceptors (Lipinski definition) is 3. The molecule has 4 heteroatoms. The molecule has 0 bridgehead atoms. The van der Waals surface area contributed by atoms with Crippen LogP contribution < -0.4 is 5.32 Å². The zero-order valence-electron chi connectivity index (χ0n) is 10.9. The molecule has 1 atom stereocenters. The highest BCUT2D eigenvalue weighted by Crippen LogP contribution is 2.16. The minimum atomic E-state index is -0.184. The molecular weight excluding hydrogens is 231 g/mol. The van der Waals surface area contributed by atoms with Gasteiger partial charge in [-0.15, -0.1) is 0 Å². The van der Waals surface area contributed by atoms with Crippen LogP contribution in [0.1, 0.15) is 6.42 Å². The van der Waals surface area contributed by atoms with E-state index in [9.17, 15) is 4.39 Å². The van der Waals surface area contributed by atoms with Gasteiger partial charge in [0.1, 0.15) is 5.82 Å². The van der Waals surface area contributed by atoms with Gasteiger partial charge in [0.15, 0.2) is 0 Å². The SMILES string of the molecule is COCC1CCN(CCNc2ccccc2F)C1. The highest BCUT2D eigenvalue weighted by Gasteiger charge is 2.21. The molecule has 3 nitrogen and oxygen atoms in total. The van der Waals surface area contributed by atoms with Crippen LogP contribution in [-0.4, -0.2) is 44.8 Å². The Morgan fingerprint density at radius 2 is 2.28 bits per heavy atom. The van der Waals surface area contributed by atoms with Gasteiger partial charge in [-0.2, -0.15) is 0 Å². The summed E-state index contributed by atoms with van der Waals surface area (Å²) in [7, 11) is 1.75. The number of ether oxygens (including phenoxy) is 1. The van der Waals surface area contributed by atoms with E-state index in [-0.39, 0.29) is 5.82 Å². The molecule has 1 N–H and O–H groups in total. The molecule has 1 unspecified atom stereocenters. The zero-order chi connectivity index (χ0) is 12.8. The van der Waals surface area contributed by atoms with Crippen molar-refractivity contribution in [2.45, 2.75) is 6.42 Å². The Morgan fingerprint density at radius 1 is 1.44 bits per heavy atom. The maximum absolute atomic E-state index is 13.4. The van der Waals surface area contributed by atoms with Gasteiger partial charge in [-0.05, 0) is 31.0 Å². The summed E-state index contributed by atoms with van der Waals surface area (Å²) < 4.78 is 18.5. The number of rotatable bonds is 6. The van der Waals surface area contributed by atoms with Gasteiger partial charge in [0.05, 0.1) is 12.3 Å². The van der Waals surface area contributed by atoms with Gasteiger partial charge >= 0.3 is 0 Å². The van der Waals surface area contributed by atoms with Crippen molar-refractivity contribution in [1.29, 1.82) is 0 Å². The van der Waals surface area contributed by atoms with Crippen LogP contribution in [0.4, 0.5) is 10.1 Å². The standard InChI is InChI=1S/C14H21FN2O/c1-18-11-12-6-8-17(10-12)9-7-16-14-5-3-2-4-13(14)15/h2-5,12,16H,6-11H2,1H3. The van der Waals surface area contributed by atoms with E-state index in [4.69, 9.17) is 4.74 Å². The number of anilines is 1. The molecule has 1 aliphatic rings. The Labute approximate surface area is 108 Å². The number of benzene rings is 1. The number of nitrogens with one attached hydrogen (secondary N) is 1. The molecule has 0 amide bonds. The summed E-state index contributed by atoms with van der Waals surface area (Å²) in [6.07, 6.45) is 1.20. The molecule has 1 aliphatic heterocycles. The van der Waals surface area contributed by atoms with Crippen LogP contribution in [0.15, 0.2) is 24.3 Å². The third-order valence-electron chi connectivity index (χ3n) is 3.39. The number of para-hydroxylation sites is 1. The van der Waals surface area contributed by atoms with Gasteiger partial charge in [-0.25, -0.2) is 4.39 Å². The second kappa shape index (κ2) is 6.71. The third-order valence-corrected chi connectivity index (χ3v) is 3.39. The van der Waals surface area contributed by atoms with Crippen molar-refractivity contribution in [2.24, 2.45) is 5.92 Å². The molecule has 0 aromatic heterocycles. The minimum Gasteiger partial charge on any atom is -0.384 e. The maximum Gasteiger partial charge on any atom is 0.146 e. The largest absolute Gasteiger partial charge is 0.384 e. The molecular formula is C14H21FN2O. The Bertz CT molecular complexity index is 373. The first-order valence-electron chi connectivity index (χ1n) is 6.49. The topological polar surface area (TPSA) is 24.5 Å². The maximum atomic E-state index is 13.4. The van der Waals surface area contributed by atoms with E-state index in [1.807, 2.05) is 6.07 Å². The van der Waals surface area contributed by atoms with Gasteiger partial charge in [0.2, 0.25) is 0 Å². The van der Waals surface area contributed by atoms with Crippen LogP contribution in [0.5, 0.6) is 0 Å². The monoisotopic (exact) mass is 252 g/mol. The first-order chi connectivity index (χ1) is 8.79. The predicted octanol–water partition coefficient (Wildman–Crippen LogP) is 2.21. The smallest absolute Gasteiger partial charge is 0.146 e. The Morgan fingerprint density at radius 3 is 3.06 bits per heavy atom. The highest BCUT2D eigenvalue weighted by atomic mass is 19.1. The Kier molecular flexibility index (Phi) is 4.96. The summed E-state index contributed by atoms with van der Waals surface area (Å²) >= 11 is 0. The van der Waals surface area contributed by atoms with Crippen molar-refractivity contribution in [2.75, 3.05) is 45.2 Å². The van der Waals surface area contributed by atoms with E-state index in [0.717, 1.165) is 32.8 Å².